The second-order valence-electron chi connectivity index (χ2n) is 7.57. The molecule has 0 spiro atoms. The van der Waals surface area contributed by atoms with Gasteiger partial charge in [0.1, 0.15) is 0 Å². The van der Waals surface area contributed by atoms with E-state index < -0.39 is 67.1 Å². The first-order chi connectivity index (χ1) is 14.0. The first-order valence-corrected chi connectivity index (χ1v) is 9.13. The highest BCUT2D eigenvalue weighted by Gasteiger charge is 2.90. The molecule has 0 aliphatic carbocycles. The van der Waals surface area contributed by atoms with Crippen molar-refractivity contribution in [2.45, 2.75) is 82.2 Å². The lowest BCUT2D eigenvalue weighted by Gasteiger charge is -2.40. The molecule has 1 atom stereocenters. The Labute approximate surface area is 174 Å². The van der Waals surface area contributed by atoms with Gasteiger partial charge < -0.3 is 4.74 Å². The first-order valence-electron chi connectivity index (χ1n) is 9.13. The van der Waals surface area contributed by atoms with Crippen molar-refractivity contribution in [2.24, 2.45) is 11.8 Å². The minimum atomic E-state index is -7.96. The lowest BCUT2D eigenvalue weighted by Crippen LogP contribution is -2.70. The topological polar surface area (TPSA) is 26.3 Å². The molecular formula is C17H21F13O2. The molecule has 0 N–H and O–H groups in total. The van der Waals surface area contributed by atoms with Crippen LogP contribution in [0.4, 0.5) is 57.1 Å². The van der Waals surface area contributed by atoms with E-state index in [0.717, 1.165) is 0 Å². The van der Waals surface area contributed by atoms with Crippen LogP contribution in [0.5, 0.6) is 0 Å². The van der Waals surface area contributed by atoms with E-state index in [4.69, 9.17) is 0 Å². The van der Waals surface area contributed by atoms with Crippen molar-refractivity contribution >= 4 is 5.97 Å². The third-order valence-corrected chi connectivity index (χ3v) is 4.30. The number of unbranched alkanes of at least 4 members (excludes halogenated alkanes) is 1. The van der Waals surface area contributed by atoms with Crippen LogP contribution in [0.2, 0.25) is 0 Å². The van der Waals surface area contributed by atoms with Gasteiger partial charge in [-0.3, -0.25) is 4.79 Å². The summed E-state index contributed by atoms with van der Waals surface area (Å²) < 4.78 is 176. The second-order valence-corrected chi connectivity index (χ2v) is 7.57. The van der Waals surface area contributed by atoms with Crippen molar-refractivity contribution in [3.8, 4) is 0 Å². The van der Waals surface area contributed by atoms with E-state index in [2.05, 4.69) is 4.74 Å². The molecule has 0 radical (unpaired) electrons. The lowest BCUT2D eigenvalue weighted by molar-refractivity contribution is -0.440. The summed E-state index contributed by atoms with van der Waals surface area (Å²) in [6.45, 7) is 4.02. The van der Waals surface area contributed by atoms with Crippen LogP contribution in [0.25, 0.3) is 0 Å². The summed E-state index contributed by atoms with van der Waals surface area (Å²) in [5.41, 5.74) is 0. The summed E-state index contributed by atoms with van der Waals surface area (Å²) in [7, 11) is 0. The Balaban J connectivity index is 6.13. The summed E-state index contributed by atoms with van der Waals surface area (Å²) >= 11 is 0. The van der Waals surface area contributed by atoms with E-state index in [1.54, 1.807) is 0 Å². The maximum Gasteiger partial charge on any atom is 0.460 e. The van der Waals surface area contributed by atoms with Gasteiger partial charge in [0.05, 0.1) is 12.5 Å². The Kier molecular flexibility index (Phi) is 9.37. The molecule has 0 rings (SSSR count). The van der Waals surface area contributed by atoms with Crippen molar-refractivity contribution in [3.63, 3.8) is 0 Å². The minimum absolute atomic E-state index is 0.109. The van der Waals surface area contributed by atoms with Crippen LogP contribution < -0.4 is 0 Å². The molecule has 0 heterocycles. The van der Waals surface area contributed by atoms with E-state index in [9.17, 15) is 61.9 Å². The zero-order chi connectivity index (χ0) is 26.0. The maximum atomic E-state index is 14.1. The first kappa shape index (κ1) is 30.6. The Hall–Kier alpha value is -1.44. The molecule has 0 saturated carbocycles. The number of hydrogen-bond donors (Lipinski definition) is 0. The normalized spacial score (nSPS) is 15.8. The predicted molar refractivity (Wildman–Crippen MR) is 84.2 cm³/mol. The predicted octanol–water partition coefficient (Wildman–Crippen LogP) is 7.12. The van der Waals surface area contributed by atoms with Crippen LogP contribution in [0, 0.1) is 11.8 Å². The van der Waals surface area contributed by atoms with Gasteiger partial charge in [0.15, 0.2) is 0 Å². The second kappa shape index (κ2) is 9.82. The molecule has 0 aliphatic heterocycles. The fourth-order valence-electron chi connectivity index (χ4n) is 2.36. The summed E-state index contributed by atoms with van der Waals surface area (Å²) in [6.07, 6.45) is -10.6. The van der Waals surface area contributed by atoms with E-state index in [1.165, 1.54) is 20.8 Å². The molecule has 1 unspecified atom stereocenters. The van der Waals surface area contributed by atoms with Gasteiger partial charge in [-0.25, -0.2) is 0 Å². The average molecular weight is 504 g/mol. The molecule has 0 fully saturated rings. The number of ether oxygens (including phenoxy) is 1. The zero-order valence-corrected chi connectivity index (χ0v) is 16.9. The third kappa shape index (κ3) is 5.72. The molecule has 2 nitrogen and oxygen atoms in total. The SMILES string of the molecule is CCCCC(CC(F)(F)C(F)(F)C(F)(F)C(F)(F)C(F)(F)C(F)(F)F)C(=O)OCC(C)C. The molecule has 15 heteroatoms. The molecule has 0 saturated heterocycles. The van der Waals surface area contributed by atoms with Crippen molar-refractivity contribution in [3.05, 3.63) is 0 Å². The molecule has 0 aromatic rings. The van der Waals surface area contributed by atoms with Crippen molar-refractivity contribution in [1.29, 1.82) is 0 Å². The number of carbonyl (C=O) groups excluding carboxylic acids is 1. The Bertz CT molecular complexity index is 626. The van der Waals surface area contributed by atoms with E-state index >= 15 is 0 Å². The quantitative estimate of drug-likeness (QED) is 0.209. The number of esters is 1. The van der Waals surface area contributed by atoms with Crippen molar-refractivity contribution in [2.75, 3.05) is 6.61 Å². The molecule has 192 valence electrons. The van der Waals surface area contributed by atoms with E-state index in [1.807, 2.05) is 0 Å². The average Bonchev–Trinajstić information content (AvgIpc) is 2.61. The lowest BCUT2D eigenvalue weighted by atomic mass is 9.87. The van der Waals surface area contributed by atoms with Crippen molar-refractivity contribution < 1.29 is 66.6 Å². The largest absolute Gasteiger partial charge is 0.465 e. The fraction of sp³-hybridized carbons (Fsp3) is 0.941. The fourth-order valence-corrected chi connectivity index (χ4v) is 2.36. The van der Waals surface area contributed by atoms with Gasteiger partial charge in [-0.2, -0.15) is 57.1 Å². The van der Waals surface area contributed by atoms with E-state index in [0.29, 0.717) is 0 Å². The summed E-state index contributed by atoms with van der Waals surface area (Å²) in [6, 6.07) is 0. The van der Waals surface area contributed by atoms with Crippen LogP contribution in [-0.2, 0) is 9.53 Å². The van der Waals surface area contributed by atoms with E-state index in [-0.39, 0.29) is 18.8 Å². The maximum absolute atomic E-state index is 14.1. The smallest absolute Gasteiger partial charge is 0.460 e. The summed E-state index contributed by atoms with van der Waals surface area (Å²) in [5.74, 6) is -41.5. The number of rotatable bonds is 12. The van der Waals surface area contributed by atoms with Gasteiger partial charge in [0.25, 0.3) is 0 Å². The Morgan fingerprint density at radius 1 is 0.750 bits per heavy atom. The van der Waals surface area contributed by atoms with Gasteiger partial charge in [0, 0.05) is 6.42 Å². The highest BCUT2D eigenvalue weighted by atomic mass is 19.4. The number of halogens is 13. The monoisotopic (exact) mass is 504 g/mol. The highest BCUT2D eigenvalue weighted by molar-refractivity contribution is 5.72. The van der Waals surface area contributed by atoms with Gasteiger partial charge >= 0.3 is 41.8 Å². The molecule has 32 heavy (non-hydrogen) atoms. The molecule has 0 amide bonds. The van der Waals surface area contributed by atoms with Gasteiger partial charge in [-0.1, -0.05) is 33.6 Å². The van der Waals surface area contributed by atoms with Crippen LogP contribution in [0.1, 0.15) is 46.5 Å². The van der Waals surface area contributed by atoms with Gasteiger partial charge in [-0.15, -0.1) is 0 Å². The number of carbonyl (C=O) groups is 1. The minimum Gasteiger partial charge on any atom is -0.465 e. The Morgan fingerprint density at radius 3 is 1.56 bits per heavy atom. The van der Waals surface area contributed by atoms with Crippen LogP contribution in [-0.4, -0.2) is 48.4 Å². The third-order valence-electron chi connectivity index (χ3n) is 4.30. The van der Waals surface area contributed by atoms with Crippen LogP contribution >= 0.6 is 0 Å². The van der Waals surface area contributed by atoms with Gasteiger partial charge in [-0.05, 0) is 12.3 Å². The molecule has 0 aliphatic rings. The summed E-state index contributed by atoms with van der Waals surface area (Å²) in [5, 5.41) is 0. The summed E-state index contributed by atoms with van der Waals surface area (Å²) in [4.78, 5) is 11.9. The highest BCUT2D eigenvalue weighted by Crippen LogP contribution is 2.61. The number of alkyl halides is 13. The standard InChI is InChI=1S/C17H21F13O2/c1-4-5-6-10(11(31)32-8-9(2)3)7-12(18,19)13(20,21)14(22,23)15(24,25)16(26,27)17(28,29)30/h9-10H,4-8H2,1-3H3. The molecule has 0 aromatic carbocycles. The Morgan fingerprint density at radius 2 is 1.19 bits per heavy atom. The van der Waals surface area contributed by atoms with Crippen molar-refractivity contribution in [1.82, 2.24) is 0 Å². The van der Waals surface area contributed by atoms with Crippen LogP contribution in [0.15, 0.2) is 0 Å². The van der Waals surface area contributed by atoms with Crippen LogP contribution in [0.3, 0.4) is 0 Å². The molecular weight excluding hydrogens is 483 g/mol. The van der Waals surface area contributed by atoms with Gasteiger partial charge in [0.2, 0.25) is 0 Å². The number of hydrogen-bond acceptors (Lipinski definition) is 2. The zero-order valence-electron chi connectivity index (χ0n) is 16.9. The molecule has 0 aromatic heterocycles. The molecule has 0 bridgehead atoms.